The summed E-state index contributed by atoms with van der Waals surface area (Å²) in [4.78, 5) is 40.0. The van der Waals surface area contributed by atoms with E-state index in [0.717, 1.165) is 25.7 Å². The summed E-state index contributed by atoms with van der Waals surface area (Å²) >= 11 is 5.86. The number of amides is 3. The fourth-order valence-corrected chi connectivity index (χ4v) is 3.95. The zero-order valence-corrected chi connectivity index (χ0v) is 16.5. The quantitative estimate of drug-likeness (QED) is 0.812. The molecule has 3 rings (SSSR count). The first-order valence-electron chi connectivity index (χ1n) is 9.75. The van der Waals surface area contributed by atoms with Gasteiger partial charge in [-0.25, -0.2) is 4.39 Å². The highest BCUT2D eigenvalue weighted by atomic mass is 35.5. The molecule has 2 fully saturated rings. The molecule has 1 heterocycles. The summed E-state index contributed by atoms with van der Waals surface area (Å²) in [5, 5.41) is 3.15. The number of hydrogen-bond acceptors (Lipinski definition) is 3. The minimum absolute atomic E-state index is 0.0456. The Morgan fingerprint density at radius 1 is 1.07 bits per heavy atom. The van der Waals surface area contributed by atoms with Crippen LogP contribution < -0.4 is 5.32 Å². The Morgan fingerprint density at radius 3 is 2.39 bits per heavy atom. The van der Waals surface area contributed by atoms with Crippen molar-refractivity contribution in [1.82, 2.24) is 15.1 Å². The molecule has 1 aromatic carbocycles. The molecule has 28 heavy (non-hydrogen) atoms. The smallest absolute Gasteiger partial charge is 0.257 e. The fourth-order valence-electron chi connectivity index (χ4n) is 3.77. The molecule has 1 aliphatic carbocycles. The summed E-state index contributed by atoms with van der Waals surface area (Å²) in [5.41, 5.74) is -0.0538. The lowest BCUT2D eigenvalue weighted by molar-refractivity contribution is -0.132. The minimum atomic E-state index is -0.606. The van der Waals surface area contributed by atoms with E-state index in [9.17, 15) is 18.8 Å². The first kappa shape index (κ1) is 20.6. The van der Waals surface area contributed by atoms with Crippen LogP contribution in [0.2, 0.25) is 5.02 Å². The van der Waals surface area contributed by atoms with E-state index < -0.39 is 11.7 Å². The maximum Gasteiger partial charge on any atom is 0.257 e. The molecule has 1 saturated heterocycles. The van der Waals surface area contributed by atoms with Crippen LogP contribution in [-0.4, -0.2) is 60.2 Å². The Balaban J connectivity index is 1.43. The molecular weight excluding hydrogens is 385 g/mol. The second-order valence-electron chi connectivity index (χ2n) is 7.32. The van der Waals surface area contributed by atoms with Gasteiger partial charge in [0.25, 0.3) is 5.91 Å². The number of piperazine rings is 1. The van der Waals surface area contributed by atoms with Crippen LogP contribution in [0.4, 0.5) is 4.39 Å². The molecule has 0 radical (unpaired) electrons. The number of halogens is 2. The van der Waals surface area contributed by atoms with Crippen LogP contribution in [0.5, 0.6) is 0 Å². The van der Waals surface area contributed by atoms with Gasteiger partial charge in [0.15, 0.2) is 0 Å². The maximum atomic E-state index is 13.9. The molecule has 8 heteroatoms. The highest BCUT2D eigenvalue weighted by Gasteiger charge is 2.27. The van der Waals surface area contributed by atoms with Gasteiger partial charge in [-0.2, -0.15) is 0 Å². The Kier molecular flexibility index (Phi) is 6.88. The molecule has 6 nitrogen and oxygen atoms in total. The Labute approximate surface area is 169 Å². The highest BCUT2D eigenvalue weighted by molar-refractivity contribution is 6.31. The van der Waals surface area contributed by atoms with Gasteiger partial charge in [-0.05, 0) is 31.0 Å². The lowest BCUT2D eigenvalue weighted by Gasteiger charge is -2.35. The number of nitrogens with one attached hydrogen (secondary N) is 1. The summed E-state index contributed by atoms with van der Waals surface area (Å²) in [7, 11) is 0. The van der Waals surface area contributed by atoms with Crippen LogP contribution in [-0.2, 0) is 9.59 Å². The molecule has 1 aliphatic heterocycles. The Hall–Kier alpha value is -2.15. The van der Waals surface area contributed by atoms with Crippen molar-refractivity contribution in [2.75, 3.05) is 32.7 Å². The molecule has 152 valence electrons. The lowest BCUT2D eigenvalue weighted by atomic mass is 10.1. The van der Waals surface area contributed by atoms with E-state index in [1.807, 2.05) is 0 Å². The summed E-state index contributed by atoms with van der Waals surface area (Å²) in [5.74, 6) is -0.935. The van der Waals surface area contributed by atoms with Gasteiger partial charge < -0.3 is 15.1 Å². The van der Waals surface area contributed by atoms with Gasteiger partial charge in [0, 0.05) is 50.1 Å². The molecule has 2 aliphatic rings. The first-order valence-corrected chi connectivity index (χ1v) is 10.1. The number of hydrogen-bond donors (Lipinski definition) is 1. The number of carbonyl (C=O) groups excluding carboxylic acids is 3. The van der Waals surface area contributed by atoms with Crippen LogP contribution in [0.15, 0.2) is 18.2 Å². The third kappa shape index (κ3) is 5.01. The number of carbonyl (C=O) groups is 3. The van der Waals surface area contributed by atoms with Crippen molar-refractivity contribution >= 4 is 29.3 Å². The van der Waals surface area contributed by atoms with Gasteiger partial charge in [0.05, 0.1) is 5.56 Å². The molecule has 0 aromatic heterocycles. The summed E-state index contributed by atoms with van der Waals surface area (Å²) in [6.07, 6.45) is 4.31. The SMILES string of the molecule is O=C(NCCC(=O)N1CCN(C(=O)c2cc(Cl)ccc2F)CC1)C1CCCC1. The standard InChI is InChI=1S/C20H25ClFN3O3/c21-15-5-6-17(22)16(13-15)20(28)25-11-9-24(10-12-25)18(26)7-8-23-19(27)14-3-1-2-4-14/h5-6,13-14H,1-4,7-12H2,(H,23,27). The van der Waals surface area contributed by atoms with Crippen LogP contribution in [0.3, 0.4) is 0 Å². The normalized spacial score (nSPS) is 17.6. The van der Waals surface area contributed by atoms with Crippen molar-refractivity contribution in [3.63, 3.8) is 0 Å². The molecule has 0 spiro atoms. The average molecular weight is 410 g/mol. The van der Waals surface area contributed by atoms with Gasteiger partial charge >= 0.3 is 0 Å². The van der Waals surface area contributed by atoms with Crippen LogP contribution in [0.1, 0.15) is 42.5 Å². The zero-order chi connectivity index (χ0) is 20.1. The molecular formula is C20H25ClFN3O3. The third-order valence-electron chi connectivity index (χ3n) is 5.44. The molecule has 1 aromatic rings. The molecule has 1 N–H and O–H groups in total. The van der Waals surface area contributed by atoms with E-state index in [0.29, 0.717) is 37.7 Å². The van der Waals surface area contributed by atoms with Crippen molar-refractivity contribution in [2.24, 2.45) is 5.92 Å². The van der Waals surface area contributed by atoms with Crippen molar-refractivity contribution in [3.05, 3.63) is 34.6 Å². The Bertz CT molecular complexity index is 744. The summed E-state index contributed by atoms with van der Waals surface area (Å²) < 4.78 is 13.9. The number of benzene rings is 1. The zero-order valence-electron chi connectivity index (χ0n) is 15.8. The fraction of sp³-hybridized carbons (Fsp3) is 0.550. The largest absolute Gasteiger partial charge is 0.355 e. The topological polar surface area (TPSA) is 69.7 Å². The number of rotatable bonds is 5. The third-order valence-corrected chi connectivity index (χ3v) is 5.68. The van der Waals surface area contributed by atoms with E-state index in [1.165, 1.54) is 23.1 Å². The molecule has 1 saturated carbocycles. The highest BCUT2D eigenvalue weighted by Crippen LogP contribution is 2.24. The van der Waals surface area contributed by atoms with Crippen molar-refractivity contribution in [1.29, 1.82) is 0 Å². The van der Waals surface area contributed by atoms with E-state index in [-0.39, 0.29) is 29.7 Å². The van der Waals surface area contributed by atoms with Gasteiger partial charge in [-0.3, -0.25) is 14.4 Å². The van der Waals surface area contributed by atoms with E-state index in [1.54, 1.807) is 4.90 Å². The predicted molar refractivity (Wildman–Crippen MR) is 103 cm³/mol. The van der Waals surface area contributed by atoms with Crippen LogP contribution >= 0.6 is 11.6 Å². The predicted octanol–water partition coefficient (Wildman–Crippen LogP) is 2.46. The van der Waals surface area contributed by atoms with Crippen LogP contribution in [0.25, 0.3) is 0 Å². The summed E-state index contributed by atoms with van der Waals surface area (Å²) in [6, 6.07) is 3.90. The second-order valence-corrected chi connectivity index (χ2v) is 7.76. The average Bonchev–Trinajstić information content (AvgIpc) is 3.24. The molecule has 0 bridgehead atoms. The van der Waals surface area contributed by atoms with Crippen molar-refractivity contribution < 1.29 is 18.8 Å². The molecule has 0 unspecified atom stereocenters. The van der Waals surface area contributed by atoms with Crippen molar-refractivity contribution in [3.8, 4) is 0 Å². The number of nitrogens with zero attached hydrogens (tertiary/aromatic N) is 2. The van der Waals surface area contributed by atoms with Gasteiger partial charge in [-0.15, -0.1) is 0 Å². The molecule has 0 atom stereocenters. The van der Waals surface area contributed by atoms with Crippen molar-refractivity contribution in [2.45, 2.75) is 32.1 Å². The van der Waals surface area contributed by atoms with Gasteiger partial charge in [0.2, 0.25) is 11.8 Å². The first-order chi connectivity index (χ1) is 13.5. The van der Waals surface area contributed by atoms with E-state index in [4.69, 9.17) is 11.6 Å². The van der Waals surface area contributed by atoms with Crippen LogP contribution in [0, 0.1) is 11.7 Å². The van der Waals surface area contributed by atoms with E-state index in [2.05, 4.69) is 5.32 Å². The molecule has 3 amide bonds. The van der Waals surface area contributed by atoms with Gasteiger partial charge in [0.1, 0.15) is 5.82 Å². The van der Waals surface area contributed by atoms with Gasteiger partial charge in [-0.1, -0.05) is 24.4 Å². The lowest BCUT2D eigenvalue weighted by Crippen LogP contribution is -2.51. The minimum Gasteiger partial charge on any atom is -0.355 e. The monoisotopic (exact) mass is 409 g/mol. The summed E-state index contributed by atoms with van der Waals surface area (Å²) in [6.45, 7) is 1.80. The second kappa shape index (κ2) is 9.37. The van der Waals surface area contributed by atoms with E-state index >= 15 is 0 Å². The maximum absolute atomic E-state index is 13.9. The Morgan fingerprint density at radius 2 is 1.71 bits per heavy atom.